The monoisotopic (exact) mass is 923 g/mol. The van der Waals surface area contributed by atoms with E-state index in [1.165, 1.54) is 109 Å². The lowest BCUT2D eigenvalue weighted by atomic mass is 9.70. The van der Waals surface area contributed by atoms with Crippen molar-refractivity contribution in [1.29, 1.82) is 0 Å². The van der Waals surface area contributed by atoms with Gasteiger partial charge in [-0.15, -0.1) is 11.3 Å². The highest BCUT2D eigenvalue weighted by Crippen LogP contribution is 2.63. The molecule has 0 saturated heterocycles. The number of thiophene rings is 1. The Morgan fingerprint density at radius 3 is 1.65 bits per heavy atom. The van der Waals surface area contributed by atoms with Crippen LogP contribution in [0.1, 0.15) is 48.6 Å². The molecule has 1 heterocycles. The van der Waals surface area contributed by atoms with Gasteiger partial charge >= 0.3 is 0 Å². The number of nitrogens with zero attached hydrogens (tertiary/aromatic N) is 1. The molecule has 14 rings (SSSR count). The third-order valence-corrected chi connectivity index (χ3v) is 16.7. The molecule has 0 bridgehead atoms. The van der Waals surface area contributed by atoms with Crippen LogP contribution >= 0.6 is 11.3 Å². The highest BCUT2D eigenvalue weighted by Gasteiger charge is 2.51. The summed E-state index contributed by atoms with van der Waals surface area (Å²) in [4.78, 5) is 2.58. The third-order valence-electron chi connectivity index (χ3n) is 15.5. The molecule has 0 N–H and O–H groups in total. The Morgan fingerprint density at radius 2 is 0.930 bits per heavy atom. The summed E-state index contributed by atoms with van der Waals surface area (Å²) in [6.45, 7) is 6.85. The van der Waals surface area contributed by atoms with E-state index in [4.69, 9.17) is 0 Å². The van der Waals surface area contributed by atoms with Gasteiger partial charge in [-0.2, -0.15) is 0 Å². The maximum Gasteiger partial charge on any atom is 0.0725 e. The van der Waals surface area contributed by atoms with Crippen LogP contribution in [-0.2, 0) is 10.8 Å². The molecule has 0 unspecified atom stereocenters. The maximum atomic E-state index is 2.58. The smallest absolute Gasteiger partial charge is 0.0725 e. The first kappa shape index (κ1) is 41.7. The first-order valence-electron chi connectivity index (χ1n) is 24.8. The second kappa shape index (κ2) is 15.9. The number of hydrogen-bond donors (Lipinski definition) is 0. The lowest BCUT2D eigenvalue weighted by Crippen LogP contribution is -2.25. The van der Waals surface area contributed by atoms with Crippen LogP contribution in [0.5, 0.6) is 0 Å². The van der Waals surface area contributed by atoms with Gasteiger partial charge < -0.3 is 4.90 Å². The van der Waals surface area contributed by atoms with E-state index in [-0.39, 0.29) is 5.41 Å². The minimum Gasteiger partial charge on any atom is -0.309 e. The molecule has 71 heavy (non-hydrogen) atoms. The van der Waals surface area contributed by atoms with Crippen LogP contribution in [0.15, 0.2) is 243 Å². The molecule has 2 aliphatic carbocycles. The van der Waals surface area contributed by atoms with Gasteiger partial charge in [-0.1, -0.05) is 227 Å². The summed E-state index contributed by atoms with van der Waals surface area (Å²) in [6.07, 6.45) is 0. The lowest BCUT2D eigenvalue weighted by Gasteiger charge is -2.33. The van der Waals surface area contributed by atoms with Crippen molar-refractivity contribution >= 4 is 59.3 Å². The molecule has 2 aliphatic rings. The molecule has 0 radical (unpaired) electrons. The molecule has 1 aromatic heterocycles. The van der Waals surface area contributed by atoms with Crippen molar-refractivity contribution in [3.8, 4) is 55.6 Å². The van der Waals surface area contributed by atoms with Crippen molar-refractivity contribution in [2.45, 2.75) is 31.6 Å². The standard InChI is InChI=1S/C69H49NS/c1-68(2,3)48-36-32-44(33-37-48)47-35-40-63(57(42-47)45-18-5-4-6-19-45)70(64-41-34-46-20-7-8-21-50(46)66(64)56-27-17-26-55-54-25-12-16-31-65(54)71-67(55)56)49-38-39-62-58(43-49)53-24-11-15-30-61(53)69(62)59-28-13-9-22-51(59)52-23-10-14-29-60(52)69/h4-43H,1-3H3. The van der Waals surface area contributed by atoms with Gasteiger partial charge in [0.05, 0.1) is 16.8 Å². The van der Waals surface area contributed by atoms with Gasteiger partial charge in [0.1, 0.15) is 0 Å². The predicted octanol–water partition coefficient (Wildman–Crippen LogP) is 19.3. The van der Waals surface area contributed by atoms with E-state index in [1.54, 1.807) is 0 Å². The summed E-state index contributed by atoms with van der Waals surface area (Å²) in [6, 6.07) is 91.4. The quantitative estimate of drug-likeness (QED) is 0.161. The average molecular weight is 924 g/mol. The molecule has 12 aromatic rings. The molecular weight excluding hydrogens is 875 g/mol. The molecule has 1 spiro atoms. The Bertz CT molecular complexity index is 4050. The van der Waals surface area contributed by atoms with Gasteiger partial charge in [0, 0.05) is 42.6 Å². The van der Waals surface area contributed by atoms with E-state index in [0.717, 1.165) is 22.6 Å². The Labute approximate surface area is 419 Å². The SMILES string of the molecule is CC(C)(C)c1ccc(-c2ccc(N(c3ccc4c(c3)-c3ccccc3C43c4ccccc4-c4ccccc43)c3ccc4ccccc4c3-c3cccc4c3sc3ccccc34)c(-c3ccccc3)c2)cc1. The second-order valence-corrected chi connectivity index (χ2v) is 21.4. The van der Waals surface area contributed by atoms with Gasteiger partial charge in [0.25, 0.3) is 0 Å². The molecule has 0 amide bonds. The summed E-state index contributed by atoms with van der Waals surface area (Å²) in [5, 5.41) is 5.02. The van der Waals surface area contributed by atoms with E-state index in [1.807, 2.05) is 11.3 Å². The normalized spacial score (nSPS) is 13.1. The zero-order valence-electron chi connectivity index (χ0n) is 39.9. The van der Waals surface area contributed by atoms with Crippen LogP contribution in [0.4, 0.5) is 17.1 Å². The molecule has 0 aliphatic heterocycles. The minimum atomic E-state index is -0.438. The fourth-order valence-electron chi connectivity index (χ4n) is 12.2. The summed E-state index contributed by atoms with van der Waals surface area (Å²) >= 11 is 1.90. The van der Waals surface area contributed by atoms with Gasteiger partial charge in [-0.3, -0.25) is 0 Å². The Balaban J connectivity index is 1.07. The second-order valence-electron chi connectivity index (χ2n) is 20.3. The zero-order chi connectivity index (χ0) is 47.4. The fraction of sp³-hybridized carbons (Fsp3) is 0.0725. The Hall–Kier alpha value is -8.30. The molecule has 0 fully saturated rings. The summed E-state index contributed by atoms with van der Waals surface area (Å²) < 4.78 is 2.60. The van der Waals surface area contributed by atoms with Crippen LogP contribution in [0, 0.1) is 0 Å². The Kier molecular flexibility index (Phi) is 9.31. The van der Waals surface area contributed by atoms with E-state index in [2.05, 4.69) is 268 Å². The largest absolute Gasteiger partial charge is 0.309 e. The molecule has 336 valence electrons. The molecule has 11 aromatic carbocycles. The van der Waals surface area contributed by atoms with E-state index < -0.39 is 5.41 Å². The average Bonchev–Trinajstić information content (AvgIpc) is 4.06. The van der Waals surface area contributed by atoms with Crippen molar-refractivity contribution in [2.24, 2.45) is 0 Å². The van der Waals surface area contributed by atoms with Crippen molar-refractivity contribution in [3.63, 3.8) is 0 Å². The summed E-state index contributed by atoms with van der Waals surface area (Å²) in [7, 11) is 0. The molecule has 0 saturated carbocycles. The molecule has 2 heteroatoms. The molecule has 1 nitrogen and oxygen atoms in total. The van der Waals surface area contributed by atoms with Gasteiger partial charge in [0.2, 0.25) is 0 Å². The summed E-state index contributed by atoms with van der Waals surface area (Å²) in [5.41, 5.74) is 22.0. The van der Waals surface area contributed by atoms with Crippen LogP contribution < -0.4 is 4.90 Å². The minimum absolute atomic E-state index is 0.0658. The lowest BCUT2D eigenvalue weighted by molar-refractivity contribution is 0.590. The maximum absolute atomic E-state index is 2.58. The van der Waals surface area contributed by atoms with E-state index >= 15 is 0 Å². The topological polar surface area (TPSA) is 3.24 Å². The van der Waals surface area contributed by atoms with Crippen molar-refractivity contribution in [2.75, 3.05) is 4.90 Å². The van der Waals surface area contributed by atoms with E-state index in [9.17, 15) is 0 Å². The van der Waals surface area contributed by atoms with Gasteiger partial charge in [-0.05, 0) is 119 Å². The van der Waals surface area contributed by atoms with Crippen molar-refractivity contribution < 1.29 is 0 Å². The first-order chi connectivity index (χ1) is 34.9. The molecule has 0 atom stereocenters. The Morgan fingerprint density at radius 1 is 0.366 bits per heavy atom. The van der Waals surface area contributed by atoms with Crippen molar-refractivity contribution in [3.05, 3.63) is 270 Å². The number of rotatable bonds is 6. The van der Waals surface area contributed by atoms with Crippen LogP contribution in [-0.4, -0.2) is 0 Å². The van der Waals surface area contributed by atoms with Gasteiger partial charge in [-0.25, -0.2) is 0 Å². The molecular formula is C69H49NS. The van der Waals surface area contributed by atoms with Gasteiger partial charge in [0.15, 0.2) is 0 Å². The fourth-order valence-corrected chi connectivity index (χ4v) is 13.5. The van der Waals surface area contributed by atoms with E-state index in [0.29, 0.717) is 0 Å². The van der Waals surface area contributed by atoms with Crippen LogP contribution in [0.2, 0.25) is 0 Å². The van der Waals surface area contributed by atoms with Crippen molar-refractivity contribution in [1.82, 2.24) is 0 Å². The van der Waals surface area contributed by atoms with Crippen LogP contribution in [0.25, 0.3) is 86.6 Å². The predicted molar refractivity (Wildman–Crippen MR) is 303 cm³/mol. The highest BCUT2D eigenvalue weighted by molar-refractivity contribution is 7.26. The zero-order valence-corrected chi connectivity index (χ0v) is 40.8. The highest BCUT2D eigenvalue weighted by atomic mass is 32.1. The number of fused-ring (bicyclic) bond motifs is 14. The number of anilines is 3. The number of hydrogen-bond acceptors (Lipinski definition) is 2. The van der Waals surface area contributed by atoms with Crippen LogP contribution in [0.3, 0.4) is 0 Å². The number of benzene rings is 11. The summed E-state index contributed by atoms with van der Waals surface area (Å²) in [5.74, 6) is 0. The third kappa shape index (κ3) is 6.24. The first-order valence-corrected chi connectivity index (χ1v) is 25.6.